The molecule has 30 heavy (non-hydrogen) atoms. The van der Waals surface area contributed by atoms with Gasteiger partial charge in [-0.15, -0.1) is 0 Å². The van der Waals surface area contributed by atoms with Crippen LogP contribution in [0.25, 0.3) is 6.08 Å². The topological polar surface area (TPSA) is 74.2 Å². The summed E-state index contributed by atoms with van der Waals surface area (Å²) in [6.45, 7) is 4.12. The lowest BCUT2D eigenvalue weighted by atomic mass is 10.1. The Morgan fingerprint density at radius 3 is 2.63 bits per heavy atom. The Morgan fingerprint density at radius 1 is 1.17 bits per heavy atom. The van der Waals surface area contributed by atoms with E-state index in [0.29, 0.717) is 46.5 Å². The molecule has 1 heterocycles. The molecule has 6 nitrogen and oxygen atoms in total. The summed E-state index contributed by atoms with van der Waals surface area (Å²) in [4.78, 5) is 28.6. The highest BCUT2D eigenvalue weighted by Gasteiger charge is 2.26. The molecule has 0 amide bonds. The van der Waals surface area contributed by atoms with Crippen molar-refractivity contribution in [2.24, 2.45) is 4.99 Å². The van der Waals surface area contributed by atoms with Crippen LogP contribution in [0.3, 0.4) is 0 Å². The van der Waals surface area contributed by atoms with Gasteiger partial charge in [0, 0.05) is 10.9 Å². The lowest BCUT2D eigenvalue weighted by Crippen LogP contribution is -2.09. The van der Waals surface area contributed by atoms with E-state index >= 15 is 0 Å². The number of hydrogen-bond donors (Lipinski definition) is 0. The van der Waals surface area contributed by atoms with Crippen molar-refractivity contribution < 1.29 is 23.8 Å². The molecule has 0 saturated carbocycles. The van der Waals surface area contributed by atoms with E-state index in [1.54, 1.807) is 18.2 Å². The van der Waals surface area contributed by atoms with Crippen LogP contribution in [0.2, 0.25) is 0 Å². The van der Waals surface area contributed by atoms with Crippen LogP contribution < -0.4 is 9.47 Å². The summed E-state index contributed by atoms with van der Waals surface area (Å²) in [6.07, 6.45) is 2.59. The van der Waals surface area contributed by atoms with Crippen LogP contribution in [0.1, 0.15) is 37.8 Å². The zero-order valence-corrected chi connectivity index (χ0v) is 19.6. The van der Waals surface area contributed by atoms with E-state index in [2.05, 4.69) is 36.9 Å². The van der Waals surface area contributed by atoms with Crippen molar-refractivity contribution in [2.75, 3.05) is 6.61 Å². The van der Waals surface area contributed by atoms with E-state index in [-0.39, 0.29) is 17.6 Å². The minimum absolute atomic E-state index is 0.158. The Kier molecular flexibility index (Phi) is 7.44. The summed E-state index contributed by atoms with van der Waals surface area (Å²) in [5.74, 6) is 0.0435. The van der Waals surface area contributed by atoms with Crippen molar-refractivity contribution in [2.45, 2.75) is 26.7 Å². The molecular weight excluding hydrogens is 518 g/mol. The molecule has 3 rings (SSSR count). The molecule has 0 atom stereocenters. The summed E-state index contributed by atoms with van der Waals surface area (Å²) in [6, 6.07) is 10.8. The zero-order chi connectivity index (χ0) is 21.7. The maximum Gasteiger partial charge on any atom is 0.363 e. The van der Waals surface area contributed by atoms with Gasteiger partial charge in [-0.3, -0.25) is 4.79 Å². The van der Waals surface area contributed by atoms with Crippen molar-refractivity contribution in [1.29, 1.82) is 0 Å². The molecule has 1 aliphatic heterocycles. The normalized spacial score (nSPS) is 14.5. The number of halogens is 2. The van der Waals surface area contributed by atoms with Crippen molar-refractivity contribution >= 4 is 55.8 Å². The molecule has 0 aromatic heterocycles. The highest BCUT2D eigenvalue weighted by Crippen LogP contribution is 2.38. The van der Waals surface area contributed by atoms with Gasteiger partial charge in [0.25, 0.3) is 0 Å². The van der Waals surface area contributed by atoms with E-state index in [9.17, 15) is 9.59 Å². The number of carbonyl (C=O) groups excluding carboxylic acids is 2. The minimum atomic E-state index is -0.548. The summed E-state index contributed by atoms with van der Waals surface area (Å²) < 4.78 is 17.7. The Hall–Kier alpha value is -2.45. The van der Waals surface area contributed by atoms with Crippen molar-refractivity contribution in [1.82, 2.24) is 0 Å². The first-order valence-electron chi connectivity index (χ1n) is 9.37. The number of nitrogens with zero attached hydrogens (tertiary/aromatic N) is 1. The molecule has 0 bridgehead atoms. The third-order valence-electron chi connectivity index (χ3n) is 4.03. The average molecular weight is 537 g/mol. The van der Waals surface area contributed by atoms with Gasteiger partial charge >= 0.3 is 11.9 Å². The molecule has 0 aliphatic carbocycles. The van der Waals surface area contributed by atoms with E-state index in [0.717, 1.165) is 4.47 Å². The lowest BCUT2D eigenvalue weighted by Gasteiger charge is -2.13. The number of esters is 2. The highest BCUT2D eigenvalue weighted by molar-refractivity contribution is 9.10. The van der Waals surface area contributed by atoms with Gasteiger partial charge in [-0.25, -0.2) is 9.79 Å². The van der Waals surface area contributed by atoms with E-state index in [1.807, 2.05) is 38.1 Å². The predicted molar refractivity (Wildman–Crippen MR) is 121 cm³/mol. The average Bonchev–Trinajstić information content (AvgIpc) is 3.05. The monoisotopic (exact) mass is 535 g/mol. The first-order valence-corrected chi connectivity index (χ1v) is 11.0. The molecule has 8 heteroatoms. The number of rotatable bonds is 7. The van der Waals surface area contributed by atoms with Crippen LogP contribution >= 0.6 is 31.9 Å². The number of aliphatic imine (C=N–C) groups is 1. The Labute approximate surface area is 191 Å². The molecule has 0 spiro atoms. The third-order valence-corrected chi connectivity index (χ3v) is 5.31. The van der Waals surface area contributed by atoms with Gasteiger partial charge in [-0.1, -0.05) is 19.1 Å². The molecule has 0 fully saturated rings. The van der Waals surface area contributed by atoms with Gasteiger partial charge in [0.2, 0.25) is 5.90 Å². The van der Waals surface area contributed by atoms with Crippen LogP contribution in [-0.4, -0.2) is 24.4 Å². The zero-order valence-electron chi connectivity index (χ0n) is 16.4. The fourth-order valence-electron chi connectivity index (χ4n) is 2.72. The fraction of sp³-hybridized carbons (Fsp3) is 0.227. The maximum absolute atomic E-state index is 12.3. The molecular formula is C22H19Br2NO5. The number of carbonyl (C=O) groups is 2. The third kappa shape index (κ3) is 5.17. The van der Waals surface area contributed by atoms with Gasteiger partial charge in [0.1, 0.15) is 0 Å². The van der Waals surface area contributed by atoms with Gasteiger partial charge in [-0.2, -0.15) is 0 Å². The van der Waals surface area contributed by atoms with E-state index in [4.69, 9.17) is 14.2 Å². The first kappa shape index (κ1) is 22.2. The fourth-order valence-corrected chi connectivity index (χ4v) is 3.71. The second-order valence-electron chi connectivity index (χ2n) is 6.30. The molecule has 2 aromatic carbocycles. The Bertz CT molecular complexity index is 1050. The van der Waals surface area contributed by atoms with Crippen LogP contribution in [0.4, 0.5) is 0 Å². The maximum atomic E-state index is 12.3. The number of benzene rings is 2. The molecule has 156 valence electrons. The predicted octanol–water partition coefficient (Wildman–Crippen LogP) is 5.66. The molecule has 0 radical (unpaired) electrons. The van der Waals surface area contributed by atoms with Gasteiger partial charge in [0.05, 0.1) is 16.6 Å². The molecule has 1 aliphatic rings. The van der Waals surface area contributed by atoms with Crippen molar-refractivity contribution in [3.8, 4) is 11.5 Å². The lowest BCUT2D eigenvalue weighted by molar-refractivity contribution is -0.134. The van der Waals surface area contributed by atoms with Crippen LogP contribution in [0.5, 0.6) is 11.5 Å². The quantitative estimate of drug-likeness (QED) is 0.259. The largest absolute Gasteiger partial charge is 0.490 e. The smallest absolute Gasteiger partial charge is 0.363 e. The van der Waals surface area contributed by atoms with Crippen molar-refractivity contribution in [3.63, 3.8) is 0 Å². The Morgan fingerprint density at radius 2 is 1.93 bits per heavy atom. The molecule has 0 saturated heterocycles. The molecule has 0 N–H and O–H groups in total. The molecule has 0 unspecified atom stereocenters. The minimum Gasteiger partial charge on any atom is -0.490 e. The Balaban J connectivity index is 1.95. The van der Waals surface area contributed by atoms with E-state index < -0.39 is 5.97 Å². The molecule has 2 aromatic rings. The summed E-state index contributed by atoms with van der Waals surface area (Å²) >= 11 is 6.86. The van der Waals surface area contributed by atoms with Gasteiger partial charge in [0.15, 0.2) is 17.2 Å². The van der Waals surface area contributed by atoms with Crippen LogP contribution in [0.15, 0.2) is 56.0 Å². The second-order valence-corrected chi connectivity index (χ2v) is 8.01. The first-order chi connectivity index (χ1) is 14.4. The summed E-state index contributed by atoms with van der Waals surface area (Å²) in [5, 5.41) is 0. The summed E-state index contributed by atoms with van der Waals surface area (Å²) in [5.41, 5.74) is 1.49. The van der Waals surface area contributed by atoms with Crippen LogP contribution in [0, 0.1) is 0 Å². The summed E-state index contributed by atoms with van der Waals surface area (Å²) in [7, 11) is 0. The van der Waals surface area contributed by atoms with Crippen molar-refractivity contribution in [3.05, 3.63) is 62.2 Å². The van der Waals surface area contributed by atoms with Crippen LogP contribution in [-0.2, 0) is 14.3 Å². The SMILES string of the molecule is CCCC(=O)Oc1c(Br)cc(/C=C2\N=C(c3ccccc3Br)OC2=O)cc1OCC. The number of hydrogen-bond acceptors (Lipinski definition) is 6. The second kappa shape index (κ2) is 10.0. The van der Waals surface area contributed by atoms with Gasteiger partial charge < -0.3 is 14.2 Å². The van der Waals surface area contributed by atoms with E-state index in [1.165, 1.54) is 0 Å². The number of ether oxygens (including phenoxy) is 3. The standard InChI is InChI=1S/C22H19Br2NO5/c1-3-7-19(26)29-20-16(24)10-13(12-18(20)28-4-2)11-17-22(27)30-21(25-17)14-8-5-6-9-15(14)23/h5-6,8-12H,3-4,7H2,1-2H3/b17-11-. The van der Waals surface area contributed by atoms with Gasteiger partial charge in [-0.05, 0) is 81.1 Å². The number of cyclic esters (lactones) is 1. The highest BCUT2D eigenvalue weighted by atomic mass is 79.9.